The van der Waals surface area contributed by atoms with Crippen molar-refractivity contribution < 1.29 is 4.74 Å². The van der Waals surface area contributed by atoms with Gasteiger partial charge >= 0.3 is 0 Å². The average molecular weight is 570 g/mol. The Labute approximate surface area is 197 Å². The molecule has 0 radical (unpaired) electrons. The van der Waals surface area contributed by atoms with E-state index in [4.69, 9.17) is 45.3 Å². The predicted molar refractivity (Wildman–Crippen MR) is 125 cm³/mol. The summed E-state index contributed by atoms with van der Waals surface area (Å²) in [6, 6.07) is 5.12. The van der Waals surface area contributed by atoms with E-state index < -0.39 is 0 Å². The minimum atomic E-state index is -0.369. The molecule has 2 N–H and O–H groups in total. The first-order valence-corrected chi connectivity index (χ1v) is 11.6. The molecular formula is C19H20Cl3IN4O2. The molecule has 0 unspecified atom stereocenters. The van der Waals surface area contributed by atoms with Crippen molar-refractivity contribution in [1.82, 2.24) is 9.55 Å². The number of hydrogen-bond acceptors (Lipinski definition) is 5. The van der Waals surface area contributed by atoms with Crippen molar-refractivity contribution in [2.75, 3.05) is 24.6 Å². The molecular weight excluding hydrogens is 549 g/mol. The van der Waals surface area contributed by atoms with Crippen molar-refractivity contribution >= 4 is 63.2 Å². The molecule has 29 heavy (non-hydrogen) atoms. The lowest BCUT2D eigenvalue weighted by molar-refractivity contribution is 0.127. The van der Waals surface area contributed by atoms with Gasteiger partial charge in [0, 0.05) is 24.5 Å². The Morgan fingerprint density at radius 2 is 1.93 bits per heavy atom. The van der Waals surface area contributed by atoms with Crippen LogP contribution in [-0.4, -0.2) is 39.4 Å². The van der Waals surface area contributed by atoms with Crippen LogP contribution in [-0.2, 0) is 4.74 Å². The molecule has 2 saturated heterocycles. The van der Waals surface area contributed by atoms with Crippen LogP contribution in [0.25, 0.3) is 5.69 Å². The summed E-state index contributed by atoms with van der Waals surface area (Å²) in [6.45, 7) is 3.86. The maximum atomic E-state index is 13.1. The number of anilines is 1. The zero-order valence-electron chi connectivity index (χ0n) is 15.7. The minimum absolute atomic E-state index is 0.00777. The van der Waals surface area contributed by atoms with Gasteiger partial charge in [0.05, 0.1) is 22.3 Å². The summed E-state index contributed by atoms with van der Waals surface area (Å²) in [7, 11) is 0. The van der Waals surface area contributed by atoms with E-state index in [2.05, 4.69) is 32.5 Å². The van der Waals surface area contributed by atoms with E-state index in [0.717, 1.165) is 12.8 Å². The van der Waals surface area contributed by atoms with Crippen molar-refractivity contribution in [3.05, 3.63) is 49.4 Å². The molecule has 0 saturated carbocycles. The van der Waals surface area contributed by atoms with E-state index in [1.807, 2.05) is 0 Å². The number of nitrogens with two attached hydrogens (primary N) is 1. The van der Waals surface area contributed by atoms with Gasteiger partial charge in [-0.1, -0.05) is 40.9 Å². The van der Waals surface area contributed by atoms with E-state index in [1.54, 1.807) is 25.1 Å². The summed E-state index contributed by atoms with van der Waals surface area (Å²) in [5.41, 5.74) is 6.46. The van der Waals surface area contributed by atoms with Crippen molar-refractivity contribution in [3.8, 4) is 5.69 Å². The highest BCUT2D eigenvalue weighted by Gasteiger charge is 2.48. The van der Waals surface area contributed by atoms with Gasteiger partial charge in [0.1, 0.15) is 15.0 Å². The SMILES string of the molecule is Cc1nc(N2CCC3(CC2)CO[C@@H](I)[C@H]3N)c(Cl)c(=O)n1-c1cccc(Cl)c1Cl. The third kappa shape index (κ3) is 3.68. The molecule has 1 aromatic heterocycles. The number of aryl methyl sites for hydroxylation is 1. The number of ether oxygens (including phenoxy) is 1. The van der Waals surface area contributed by atoms with Crippen LogP contribution in [0.1, 0.15) is 18.7 Å². The Balaban J connectivity index is 1.66. The quantitative estimate of drug-likeness (QED) is 0.434. The normalized spacial score (nSPS) is 23.7. The van der Waals surface area contributed by atoms with Crippen LogP contribution in [0.4, 0.5) is 5.82 Å². The molecule has 0 bridgehead atoms. The first-order valence-electron chi connectivity index (χ1n) is 9.25. The third-order valence-electron chi connectivity index (χ3n) is 5.93. The second-order valence-electron chi connectivity index (χ2n) is 7.55. The van der Waals surface area contributed by atoms with E-state index in [9.17, 15) is 4.79 Å². The number of aromatic nitrogens is 2. The number of alkyl halides is 1. The highest BCUT2D eigenvalue weighted by molar-refractivity contribution is 14.1. The first-order chi connectivity index (χ1) is 13.7. The van der Waals surface area contributed by atoms with E-state index in [-0.39, 0.29) is 31.2 Å². The summed E-state index contributed by atoms with van der Waals surface area (Å²) in [5.74, 6) is 0.990. The molecule has 2 aliphatic heterocycles. The van der Waals surface area contributed by atoms with E-state index in [1.165, 1.54) is 4.57 Å². The van der Waals surface area contributed by atoms with Crippen LogP contribution in [0.5, 0.6) is 0 Å². The molecule has 0 aliphatic carbocycles. The van der Waals surface area contributed by atoms with Gasteiger partial charge in [-0.2, -0.15) is 0 Å². The van der Waals surface area contributed by atoms with E-state index >= 15 is 0 Å². The summed E-state index contributed by atoms with van der Waals surface area (Å²) in [6.07, 6.45) is 1.74. The second-order valence-corrected chi connectivity index (χ2v) is 9.94. The molecule has 1 aromatic carbocycles. The smallest absolute Gasteiger partial charge is 0.279 e. The fourth-order valence-electron chi connectivity index (χ4n) is 4.12. The third-order valence-corrected chi connectivity index (χ3v) is 8.20. The zero-order valence-corrected chi connectivity index (χ0v) is 20.1. The molecule has 10 heteroatoms. The van der Waals surface area contributed by atoms with Crippen LogP contribution >= 0.6 is 57.4 Å². The topological polar surface area (TPSA) is 73.4 Å². The first kappa shape index (κ1) is 21.6. The van der Waals surface area contributed by atoms with Gasteiger partial charge in [-0.05, 0) is 54.5 Å². The minimum Gasteiger partial charge on any atom is -0.366 e. The molecule has 6 nitrogen and oxygen atoms in total. The van der Waals surface area contributed by atoms with Gasteiger partial charge in [-0.3, -0.25) is 9.36 Å². The molecule has 0 amide bonds. The largest absolute Gasteiger partial charge is 0.366 e. The van der Waals surface area contributed by atoms with Crippen LogP contribution < -0.4 is 16.2 Å². The molecule has 2 aromatic rings. The monoisotopic (exact) mass is 568 g/mol. The molecule has 156 valence electrons. The Hall–Kier alpha value is -0.580. The lowest BCUT2D eigenvalue weighted by Gasteiger charge is -2.41. The maximum Gasteiger partial charge on any atom is 0.279 e. The lowest BCUT2D eigenvalue weighted by atomic mass is 9.75. The van der Waals surface area contributed by atoms with Crippen molar-refractivity contribution in [3.63, 3.8) is 0 Å². The predicted octanol–water partition coefficient (Wildman–Crippen LogP) is 4.21. The van der Waals surface area contributed by atoms with Crippen LogP contribution in [0.2, 0.25) is 15.1 Å². The Bertz CT molecular complexity index is 1010. The summed E-state index contributed by atoms with van der Waals surface area (Å²) >= 11 is 21.2. The highest BCUT2D eigenvalue weighted by Crippen LogP contribution is 2.44. The van der Waals surface area contributed by atoms with Gasteiger partial charge in [-0.25, -0.2) is 4.98 Å². The molecule has 4 rings (SSSR count). The average Bonchev–Trinajstić information content (AvgIpc) is 2.97. The number of benzene rings is 1. The van der Waals surface area contributed by atoms with Crippen LogP contribution in [0.3, 0.4) is 0 Å². The summed E-state index contributed by atoms with van der Waals surface area (Å²) < 4.78 is 7.20. The number of halogens is 4. The fourth-order valence-corrected chi connectivity index (χ4v) is 5.69. The summed E-state index contributed by atoms with van der Waals surface area (Å²) in [4.78, 5) is 19.8. The Morgan fingerprint density at radius 3 is 2.55 bits per heavy atom. The second kappa shape index (κ2) is 8.16. The van der Waals surface area contributed by atoms with Gasteiger partial charge in [0.2, 0.25) is 0 Å². The van der Waals surface area contributed by atoms with Gasteiger partial charge in [0.15, 0.2) is 5.82 Å². The number of nitrogens with zero attached hydrogens (tertiary/aromatic N) is 3. The van der Waals surface area contributed by atoms with Crippen molar-refractivity contribution in [1.29, 1.82) is 0 Å². The molecule has 3 heterocycles. The highest BCUT2D eigenvalue weighted by atomic mass is 127. The zero-order chi connectivity index (χ0) is 20.9. The standard InChI is InChI=1S/C19H20Cl3IN4O2/c1-10-25-17(26-7-5-19(6-8-26)9-29-16(23)15(19)24)14(22)18(28)27(10)12-4-2-3-11(20)13(12)21/h2-4,15-16H,5-9,24H2,1H3/t15-,16-/m1/s1. The summed E-state index contributed by atoms with van der Waals surface area (Å²) in [5, 5.41) is 0.718. The lowest BCUT2D eigenvalue weighted by Crippen LogP contribution is -2.50. The van der Waals surface area contributed by atoms with Gasteiger partial charge in [0.25, 0.3) is 5.56 Å². The molecule has 2 fully saturated rings. The Morgan fingerprint density at radius 1 is 1.24 bits per heavy atom. The van der Waals surface area contributed by atoms with E-state index in [0.29, 0.717) is 42.0 Å². The van der Waals surface area contributed by atoms with Crippen LogP contribution in [0, 0.1) is 12.3 Å². The van der Waals surface area contributed by atoms with Gasteiger partial charge in [-0.15, -0.1) is 0 Å². The van der Waals surface area contributed by atoms with Crippen molar-refractivity contribution in [2.45, 2.75) is 29.9 Å². The van der Waals surface area contributed by atoms with Crippen molar-refractivity contribution in [2.24, 2.45) is 11.1 Å². The Kier molecular flexibility index (Phi) is 6.09. The maximum absolute atomic E-state index is 13.1. The van der Waals surface area contributed by atoms with Gasteiger partial charge < -0.3 is 15.4 Å². The van der Waals surface area contributed by atoms with Crippen LogP contribution in [0.15, 0.2) is 23.0 Å². The molecule has 2 aliphatic rings. The fraction of sp³-hybridized carbons (Fsp3) is 0.474. The number of hydrogen-bond donors (Lipinski definition) is 1. The number of piperidine rings is 1. The number of rotatable bonds is 2. The molecule has 1 spiro atoms. The molecule has 2 atom stereocenters.